The molecule has 5 heteroatoms. The Balaban J connectivity index is 2.34. The quantitative estimate of drug-likeness (QED) is 0.776. The smallest absolute Gasteiger partial charge is 0.235 e. The first-order chi connectivity index (χ1) is 7.65. The van der Waals surface area contributed by atoms with Gasteiger partial charge in [0, 0.05) is 18.3 Å². The summed E-state index contributed by atoms with van der Waals surface area (Å²) in [6.07, 6.45) is 0.964. The highest BCUT2D eigenvalue weighted by atomic mass is 32.2. The summed E-state index contributed by atoms with van der Waals surface area (Å²) in [7, 11) is 0. The van der Waals surface area contributed by atoms with E-state index in [0.29, 0.717) is 25.0 Å². The van der Waals surface area contributed by atoms with Gasteiger partial charge < -0.3 is 15.4 Å². The van der Waals surface area contributed by atoms with E-state index in [1.807, 2.05) is 11.8 Å². The van der Waals surface area contributed by atoms with Gasteiger partial charge in [-0.05, 0) is 19.9 Å². The lowest BCUT2D eigenvalue weighted by molar-refractivity contribution is -0.134. The van der Waals surface area contributed by atoms with Crippen LogP contribution in [0.5, 0.6) is 0 Å². The zero-order chi connectivity index (χ0) is 12.0. The van der Waals surface area contributed by atoms with Gasteiger partial charge in [0.15, 0.2) is 0 Å². The molecule has 0 aliphatic carbocycles. The lowest BCUT2D eigenvalue weighted by atomic mass is 10.3. The summed E-state index contributed by atoms with van der Waals surface area (Å²) < 4.78 is 5.23. The van der Waals surface area contributed by atoms with Crippen molar-refractivity contribution in [1.29, 1.82) is 0 Å². The van der Waals surface area contributed by atoms with Crippen LogP contribution >= 0.6 is 11.8 Å². The molecule has 1 amide bonds. The summed E-state index contributed by atoms with van der Waals surface area (Å²) in [6.45, 7) is 7.59. The summed E-state index contributed by atoms with van der Waals surface area (Å²) in [4.78, 5) is 14.0. The van der Waals surface area contributed by atoms with Crippen LogP contribution in [0.1, 0.15) is 20.3 Å². The Kier molecular flexibility index (Phi) is 6.16. The maximum atomic E-state index is 12.1. The van der Waals surface area contributed by atoms with Gasteiger partial charge in [-0.15, -0.1) is 11.8 Å². The molecule has 0 spiro atoms. The van der Waals surface area contributed by atoms with Crippen LogP contribution in [-0.2, 0) is 9.53 Å². The molecule has 1 aliphatic rings. The summed E-state index contributed by atoms with van der Waals surface area (Å²) in [5.41, 5.74) is 5.50. The van der Waals surface area contributed by atoms with Crippen molar-refractivity contribution in [3.8, 4) is 0 Å². The number of thioether (sulfide) groups is 1. The Labute approximate surface area is 102 Å². The number of nitrogens with two attached hydrogens (primary N) is 1. The molecular weight excluding hydrogens is 224 g/mol. The first-order valence-electron chi connectivity index (χ1n) is 5.87. The first kappa shape index (κ1) is 13.8. The predicted octanol–water partition coefficient (Wildman–Crippen LogP) is 0.704. The predicted molar refractivity (Wildman–Crippen MR) is 67.6 cm³/mol. The average molecular weight is 246 g/mol. The lowest BCUT2D eigenvalue weighted by Gasteiger charge is -2.29. The summed E-state index contributed by atoms with van der Waals surface area (Å²) >= 11 is 1.71. The number of carbonyl (C=O) groups is 1. The summed E-state index contributed by atoms with van der Waals surface area (Å²) in [6, 6.07) is 0. The van der Waals surface area contributed by atoms with Crippen molar-refractivity contribution in [2.45, 2.75) is 30.8 Å². The molecule has 16 heavy (non-hydrogen) atoms. The second kappa shape index (κ2) is 7.14. The van der Waals surface area contributed by atoms with E-state index in [1.165, 1.54) is 0 Å². The van der Waals surface area contributed by atoms with Crippen molar-refractivity contribution < 1.29 is 9.53 Å². The highest BCUT2D eigenvalue weighted by Gasteiger charge is 2.23. The van der Waals surface area contributed by atoms with Crippen molar-refractivity contribution in [2.24, 2.45) is 5.73 Å². The molecule has 1 rings (SSSR count). The number of carbonyl (C=O) groups excluding carboxylic acids is 1. The molecule has 0 radical (unpaired) electrons. The van der Waals surface area contributed by atoms with Crippen molar-refractivity contribution in [1.82, 2.24) is 4.90 Å². The van der Waals surface area contributed by atoms with Crippen LogP contribution in [-0.4, -0.2) is 54.2 Å². The zero-order valence-electron chi connectivity index (χ0n) is 10.1. The number of hydrogen-bond acceptors (Lipinski definition) is 4. The normalized spacial score (nSPS) is 20.6. The minimum Gasteiger partial charge on any atom is -0.378 e. The molecular formula is C11H22N2O2S. The maximum Gasteiger partial charge on any atom is 0.235 e. The van der Waals surface area contributed by atoms with Crippen LogP contribution in [0.3, 0.4) is 0 Å². The van der Waals surface area contributed by atoms with E-state index in [1.54, 1.807) is 11.8 Å². The Morgan fingerprint density at radius 2 is 2.06 bits per heavy atom. The van der Waals surface area contributed by atoms with Crippen LogP contribution in [0.4, 0.5) is 0 Å². The number of amides is 1. The number of nitrogens with zero attached hydrogens (tertiary/aromatic N) is 1. The third-order valence-corrected chi connectivity index (χ3v) is 3.99. The molecule has 94 valence electrons. The van der Waals surface area contributed by atoms with Crippen molar-refractivity contribution in [3.05, 3.63) is 0 Å². The van der Waals surface area contributed by atoms with Gasteiger partial charge >= 0.3 is 0 Å². The number of ether oxygens (including phenoxy) is 1. The summed E-state index contributed by atoms with van der Waals surface area (Å²) in [5, 5.41) is 0.477. The van der Waals surface area contributed by atoms with Crippen molar-refractivity contribution in [3.63, 3.8) is 0 Å². The van der Waals surface area contributed by atoms with Gasteiger partial charge in [0.2, 0.25) is 5.91 Å². The van der Waals surface area contributed by atoms with Crippen molar-refractivity contribution in [2.75, 3.05) is 32.8 Å². The molecule has 0 aromatic rings. The number of morpholine rings is 1. The molecule has 2 atom stereocenters. The van der Waals surface area contributed by atoms with Crippen LogP contribution in [0.15, 0.2) is 0 Å². The topological polar surface area (TPSA) is 55.6 Å². The third-order valence-electron chi connectivity index (χ3n) is 2.68. The molecule has 4 nitrogen and oxygen atoms in total. The fraction of sp³-hybridized carbons (Fsp3) is 0.909. The van der Waals surface area contributed by atoms with E-state index in [-0.39, 0.29) is 11.2 Å². The Morgan fingerprint density at radius 3 is 2.62 bits per heavy atom. The Hall–Kier alpha value is -0.260. The van der Waals surface area contributed by atoms with Gasteiger partial charge in [0.25, 0.3) is 0 Å². The minimum atomic E-state index is 0.0275. The lowest BCUT2D eigenvalue weighted by Crippen LogP contribution is -2.44. The largest absolute Gasteiger partial charge is 0.378 e. The van der Waals surface area contributed by atoms with Gasteiger partial charge in [0.1, 0.15) is 0 Å². The minimum absolute atomic E-state index is 0.0275. The molecule has 1 saturated heterocycles. The van der Waals surface area contributed by atoms with Crippen LogP contribution in [0.2, 0.25) is 0 Å². The first-order valence-corrected chi connectivity index (χ1v) is 6.81. The second-order valence-corrected chi connectivity index (χ2v) is 5.89. The molecule has 0 aromatic carbocycles. The van der Waals surface area contributed by atoms with E-state index in [9.17, 15) is 4.79 Å². The van der Waals surface area contributed by atoms with E-state index >= 15 is 0 Å². The molecule has 1 aliphatic heterocycles. The highest BCUT2D eigenvalue weighted by Crippen LogP contribution is 2.21. The Morgan fingerprint density at radius 1 is 1.44 bits per heavy atom. The fourth-order valence-corrected chi connectivity index (χ4v) is 2.98. The van der Waals surface area contributed by atoms with Crippen LogP contribution in [0, 0.1) is 0 Å². The molecule has 2 N–H and O–H groups in total. The monoisotopic (exact) mass is 246 g/mol. The third kappa shape index (κ3) is 4.31. The van der Waals surface area contributed by atoms with Crippen LogP contribution < -0.4 is 5.73 Å². The maximum absolute atomic E-state index is 12.1. The molecule has 2 unspecified atom stereocenters. The fourth-order valence-electron chi connectivity index (χ4n) is 1.75. The number of rotatable bonds is 5. The molecule has 1 heterocycles. The van der Waals surface area contributed by atoms with Crippen LogP contribution in [0.25, 0.3) is 0 Å². The highest BCUT2D eigenvalue weighted by molar-refractivity contribution is 8.01. The zero-order valence-corrected chi connectivity index (χ0v) is 11.0. The number of hydrogen-bond donors (Lipinski definition) is 1. The van der Waals surface area contributed by atoms with E-state index in [4.69, 9.17) is 10.5 Å². The van der Waals surface area contributed by atoms with Crippen molar-refractivity contribution >= 4 is 17.7 Å². The molecule has 1 fully saturated rings. The molecule has 0 aromatic heterocycles. The average Bonchev–Trinajstić information content (AvgIpc) is 2.29. The van der Waals surface area contributed by atoms with Gasteiger partial charge in [0.05, 0.1) is 18.5 Å². The standard InChI is InChI=1S/C11H22N2O2S/c1-9(3-4-12)16-10(2)11(14)13-5-7-15-8-6-13/h9-10H,3-8,12H2,1-2H3. The Bertz CT molecular complexity index is 220. The molecule has 0 bridgehead atoms. The summed E-state index contributed by atoms with van der Waals surface area (Å²) in [5.74, 6) is 0.233. The van der Waals surface area contributed by atoms with Gasteiger partial charge in [-0.3, -0.25) is 4.79 Å². The van der Waals surface area contributed by atoms with Gasteiger partial charge in [-0.1, -0.05) is 6.92 Å². The molecule has 0 saturated carbocycles. The van der Waals surface area contributed by atoms with Gasteiger partial charge in [-0.25, -0.2) is 0 Å². The van der Waals surface area contributed by atoms with E-state index < -0.39 is 0 Å². The van der Waals surface area contributed by atoms with Gasteiger partial charge in [-0.2, -0.15) is 0 Å². The SMILES string of the molecule is CC(CCN)SC(C)C(=O)N1CCOCC1. The van der Waals surface area contributed by atoms with E-state index in [0.717, 1.165) is 19.5 Å². The van der Waals surface area contributed by atoms with E-state index in [2.05, 4.69) is 6.92 Å². The second-order valence-electron chi connectivity index (χ2n) is 4.10.